The number of carbonyl (C=O) groups excluding carboxylic acids is 2. The Bertz CT molecular complexity index is 702. The first-order chi connectivity index (χ1) is 10.5. The molecule has 6 heteroatoms. The van der Waals surface area contributed by atoms with Gasteiger partial charge in [-0.05, 0) is 24.1 Å². The molecule has 22 heavy (non-hydrogen) atoms. The fraction of sp³-hybridized carbons (Fsp3) is 0.125. The van der Waals surface area contributed by atoms with Crippen LogP contribution in [0.1, 0.15) is 22.3 Å². The van der Waals surface area contributed by atoms with Crippen LogP contribution in [0.2, 0.25) is 5.02 Å². The number of rotatable bonds is 5. The van der Waals surface area contributed by atoms with Gasteiger partial charge in [0.15, 0.2) is 0 Å². The van der Waals surface area contributed by atoms with Gasteiger partial charge >= 0.3 is 0 Å². The number of nitrogens with two attached hydrogens (primary N) is 1. The third-order valence-electron chi connectivity index (χ3n) is 3.10. The van der Waals surface area contributed by atoms with Gasteiger partial charge in [0.05, 0.1) is 10.6 Å². The summed E-state index contributed by atoms with van der Waals surface area (Å²) in [6.07, 6.45) is 0.885. The summed E-state index contributed by atoms with van der Waals surface area (Å²) in [5.74, 6) is -1.43. The Kier molecular flexibility index (Phi) is 5.01. The standard InChI is InChI=1S/C16H15ClN2O3/c17-13-9-11(8-12(15(13)21)16(18)22)19-14(20)7-6-10-4-2-1-3-5-10/h1-5,8-9,21H,6-7H2,(H2,18,22)(H,19,20). The number of primary amides is 1. The van der Waals surface area contributed by atoms with Crippen molar-refractivity contribution in [3.8, 4) is 5.75 Å². The molecule has 5 nitrogen and oxygen atoms in total. The van der Waals surface area contributed by atoms with Gasteiger partial charge in [-0.3, -0.25) is 9.59 Å². The zero-order valence-corrected chi connectivity index (χ0v) is 12.4. The number of aryl methyl sites for hydroxylation is 1. The molecule has 0 bridgehead atoms. The first-order valence-corrected chi connectivity index (χ1v) is 7.01. The summed E-state index contributed by atoms with van der Waals surface area (Å²) < 4.78 is 0. The lowest BCUT2D eigenvalue weighted by Crippen LogP contribution is -2.15. The van der Waals surface area contributed by atoms with E-state index in [1.54, 1.807) is 0 Å². The molecule has 0 unspecified atom stereocenters. The molecular weight excluding hydrogens is 304 g/mol. The third kappa shape index (κ3) is 3.99. The Morgan fingerprint density at radius 2 is 1.86 bits per heavy atom. The van der Waals surface area contributed by atoms with E-state index in [2.05, 4.69) is 5.32 Å². The monoisotopic (exact) mass is 318 g/mol. The maximum Gasteiger partial charge on any atom is 0.252 e. The van der Waals surface area contributed by atoms with Crippen LogP contribution in [0.3, 0.4) is 0 Å². The van der Waals surface area contributed by atoms with Crippen LogP contribution in [0.15, 0.2) is 42.5 Å². The van der Waals surface area contributed by atoms with Crippen LogP contribution >= 0.6 is 11.6 Å². The zero-order chi connectivity index (χ0) is 16.1. The van der Waals surface area contributed by atoms with Crippen molar-refractivity contribution in [3.63, 3.8) is 0 Å². The van der Waals surface area contributed by atoms with E-state index in [4.69, 9.17) is 17.3 Å². The molecule has 0 saturated heterocycles. The second-order valence-electron chi connectivity index (χ2n) is 4.75. The molecule has 0 atom stereocenters. The molecule has 0 aromatic heterocycles. The van der Waals surface area contributed by atoms with Crippen LogP contribution in [0.5, 0.6) is 5.75 Å². The van der Waals surface area contributed by atoms with Crippen LogP contribution in [0.25, 0.3) is 0 Å². The summed E-state index contributed by atoms with van der Waals surface area (Å²) in [7, 11) is 0. The minimum atomic E-state index is -0.820. The van der Waals surface area contributed by atoms with E-state index in [1.807, 2.05) is 30.3 Å². The Hall–Kier alpha value is -2.53. The lowest BCUT2D eigenvalue weighted by molar-refractivity contribution is -0.116. The molecule has 2 amide bonds. The zero-order valence-electron chi connectivity index (χ0n) is 11.7. The molecule has 0 aliphatic rings. The van der Waals surface area contributed by atoms with Crippen molar-refractivity contribution in [1.29, 1.82) is 0 Å². The second kappa shape index (κ2) is 6.95. The lowest BCUT2D eigenvalue weighted by atomic mass is 10.1. The number of amides is 2. The molecule has 2 rings (SSSR count). The van der Waals surface area contributed by atoms with Crippen molar-refractivity contribution < 1.29 is 14.7 Å². The highest BCUT2D eigenvalue weighted by atomic mass is 35.5. The number of halogens is 1. The lowest BCUT2D eigenvalue weighted by Gasteiger charge is -2.09. The number of hydrogen-bond donors (Lipinski definition) is 3. The molecule has 4 N–H and O–H groups in total. The topological polar surface area (TPSA) is 92.4 Å². The molecule has 0 fully saturated rings. The maximum atomic E-state index is 11.9. The Balaban J connectivity index is 2.04. The molecule has 0 spiro atoms. The van der Waals surface area contributed by atoms with Crippen molar-refractivity contribution in [2.75, 3.05) is 5.32 Å². The van der Waals surface area contributed by atoms with Gasteiger partial charge in [-0.25, -0.2) is 0 Å². The quantitative estimate of drug-likeness (QED) is 0.740. The molecule has 2 aromatic carbocycles. The Labute approximate surface area is 132 Å². The van der Waals surface area contributed by atoms with Crippen LogP contribution in [-0.2, 0) is 11.2 Å². The molecule has 0 aliphatic carbocycles. The van der Waals surface area contributed by atoms with E-state index in [0.29, 0.717) is 12.1 Å². The Morgan fingerprint density at radius 3 is 2.50 bits per heavy atom. The number of phenols is 1. The van der Waals surface area contributed by atoms with Crippen molar-refractivity contribution in [1.82, 2.24) is 0 Å². The van der Waals surface area contributed by atoms with Gasteiger partial charge in [-0.15, -0.1) is 0 Å². The minimum absolute atomic E-state index is 0.0466. The van der Waals surface area contributed by atoms with Gasteiger partial charge in [-0.1, -0.05) is 41.9 Å². The summed E-state index contributed by atoms with van der Waals surface area (Å²) in [6, 6.07) is 12.3. The Morgan fingerprint density at radius 1 is 1.18 bits per heavy atom. The second-order valence-corrected chi connectivity index (χ2v) is 5.16. The van der Waals surface area contributed by atoms with E-state index in [9.17, 15) is 14.7 Å². The number of aromatic hydroxyl groups is 1. The summed E-state index contributed by atoms with van der Waals surface area (Å²) >= 11 is 5.81. The molecule has 0 heterocycles. The summed E-state index contributed by atoms with van der Waals surface area (Å²) in [6.45, 7) is 0. The van der Waals surface area contributed by atoms with Gasteiger partial charge in [0.25, 0.3) is 5.91 Å². The molecule has 0 radical (unpaired) electrons. The first-order valence-electron chi connectivity index (χ1n) is 6.63. The largest absolute Gasteiger partial charge is 0.506 e. The highest BCUT2D eigenvalue weighted by molar-refractivity contribution is 6.33. The van der Waals surface area contributed by atoms with Gasteiger partial charge in [0.2, 0.25) is 5.91 Å². The van der Waals surface area contributed by atoms with Crippen molar-refractivity contribution >= 4 is 29.1 Å². The smallest absolute Gasteiger partial charge is 0.252 e. The van der Waals surface area contributed by atoms with Crippen LogP contribution in [0.4, 0.5) is 5.69 Å². The van der Waals surface area contributed by atoms with E-state index in [1.165, 1.54) is 12.1 Å². The van der Waals surface area contributed by atoms with E-state index in [0.717, 1.165) is 5.56 Å². The van der Waals surface area contributed by atoms with E-state index in [-0.39, 0.29) is 22.9 Å². The van der Waals surface area contributed by atoms with Crippen molar-refractivity contribution in [3.05, 3.63) is 58.6 Å². The highest BCUT2D eigenvalue weighted by Gasteiger charge is 2.14. The molecule has 0 aliphatic heterocycles. The van der Waals surface area contributed by atoms with Crippen LogP contribution in [-0.4, -0.2) is 16.9 Å². The predicted octanol–water partition coefficient (Wildman–Crippen LogP) is 2.72. The average Bonchev–Trinajstić information content (AvgIpc) is 2.49. The molecular formula is C16H15ClN2O3. The van der Waals surface area contributed by atoms with E-state index < -0.39 is 11.7 Å². The SMILES string of the molecule is NC(=O)c1cc(NC(=O)CCc2ccccc2)cc(Cl)c1O. The molecule has 2 aromatic rings. The third-order valence-corrected chi connectivity index (χ3v) is 3.38. The van der Waals surface area contributed by atoms with Crippen molar-refractivity contribution in [2.24, 2.45) is 5.73 Å². The highest BCUT2D eigenvalue weighted by Crippen LogP contribution is 2.31. The average molecular weight is 319 g/mol. The van der Waals surface area contributed by atoms with Gasteiger partial charge < -0.3 is 16.2 Å². The maximum absolute atomic E-state index is 11.9. The van der Waals surface area contributed by atoms with Crippen LogP contribution < -0.4 is 11.1 Å². The van der Waals surface area contributed by atoms with Crippen LogP contribution in [0, 0.1) is 0 Å². The van der Waals surface area contributed by atoms with Crippen molar-refractivity contribution in [2.45, 2.75) is 12.8 Å². The number of anilines is 1. The van der Waals surface area contributed by atoms with E-state index >= 15 is 0 Å². The predicted molar refractivity (Wildman–Crippen MR) is 85.0 cm³/mol. The van der Waals surface area contributed by atoms with Gasteiger partial charge in [-0.2, -0.15) is 0 Å². The summed E-state index contributed by atoms with van der Waals surface area (Å²) in [5, 5.41) is 12.2. The summed E-state index contributed by atoms with van der Waals surface area (Å²) in [5.41, 5.74) is 6.38. The number of hydrogen-bond acceptors (Lipinski definition) is 3. The van der Waals surface area contributed by atoms with Gasteiger partial charge in [0.1, 0.15) is 5.75 Å². The molecule has 114 valence electrons. The minimum Gasteiger partial charge on any atom is -0.506 e. The van der Waals surface area contributed by atoms with Gasteiger partial charge in [0, 0.05) is 12.1 Å². The first kappa shape index (κ1) is 15.9. The number of benzene rings is 2. The number of carbonyl (C=O) groups is 2. The summed E-state index contributed by atoms with van der Waals surface area (Å²) in [4.78, 5) is 23.1. The fourth-order valence-electron chi connectivity index (χ4n) is 1.99. The number of nitrogens with one attached hydrogen (secondary N) is 1. The normalized spacial score (nSPS) is 10.2. The molecule has 0 saturated carbocycles. The fourth-order valence-corrected chi connectivity index (χ4v) is 2.20.